The van der Waals surface area contributed by atoms with Crippen LogP contribution in [0.3, 0.4) is 0 Å². The second-order valence-electron chi connectivity index (χ2n) is 8.02. The van der Waals surface area contributed by atoms with E-state index in [1.165, 1.54) is 25.7 Å². The second kappa shape index (κ2) is 4.77. The van der Waals surface area contributed by atoms with Crippen molar-refractivity contribution in [2.24, 2.45) is 23.7 Å². The highest BCUT2D eigenvalue weighted by molar-refractivity contribution is 5.82. The molecule has 4 nitrogen and oxygen atoms in total. The lowest BCUT2D eigenvalue weighted by Crippen LogP contribution is -2.54. The number of ether oxygens (including phenoxy) is 1. The van der Waals surface area contributed by atoms with Crippen LogP contribution in [0.2, 0.25) is 0 Å². The van der Waals surface area contributed by atoms with E-state index in [0.717, 1.165) is 43.2 Å². The number of hydrogen-bond acceptors (Lipinski definition) is 4. The fourth-order valence-electron chi connectivity index (χ4n) is 5.25. The molecule has 4 rings (SSSR count). The third kappa shape index (κ3) is 2.18. The lowest BCUT2D eigenvalue weighted by atomic mass is 9.62. The Labute approximate surface area is 127 Å². The van der Waals surface area contributed by atoms with Crippen molar-refractivity contribution in [1.82, 2.24) is 0 Å². The van der Waals surface area contributed by atoms with Crippen LogP contribution in [0.4, 0.5) is 0 Å². The van der Waals surface area contributed by atoms with Gasteiger partial charge < -0.3 is 10.1 Å². The zero-order chi connectivity index (χ0) is 14.7. The van der Waals surface area contributed by atoms with Gasteiger partial charge in [-0.3, -0.25) is 0 Å². The van der Waals surface area contributed by atoms with Gasteiger partial charge in [0, 0.05) is 30.4 Å². The van der Waals surface area contributed by atoms with Crippen molar-refractivity contribution in [2.75, 3.05) is 0 Å². The Hall–Kier alpha value is -0.450. The van der Waals surface area contributed by atoms with Gasteiger partial charge in [0.1, 0.15) is 0 Å². The smallest absolute Gasteiger partial charge is 0.210 e. The highest BCUT2D eigenvalue weighted by Gasteiger charge is 2.62. The average Bonchev–Trinajstić information content (AvgIpc) is 2.82. The first-order chi connectivity index (χ1) is 10.0. The molecule has 0 aromatic carbocycles. The van der Waals surface area contributed by atoms with Gasteiger partial charge in [0.2, 0.25) is 11.6 Å². The third-order valence-electron chi connectivity index (χ3n) is 6.27. The Morgan fingerprint density at radius 2 is 1.76 bits per heavy atom. The monoisotopic (exact) mass is 293 g/mol. The minimum absolute atomic E-state index is 0.398. The van der Waals surface area contributed by atoms with E-state index in [1.807, 2.05) is 0 Å². The van der Waals surface area contributed by atoms with Gasteiger partial charge in [-0.2, -0.15) is 9.78 Å². The molecule has 3 saturated carbocycles. The maximum absolute atomic E-state index is 7.80. The van der Waals surface area contributed by atoms with E-state index < -0.39 is 11.6 Å². The predicted molar refractivity (Wildman–Crippen MR) is 78.7 cm³/mol. The molecule has 0 radical (unpaired) electrons. The number of hydrogen-bond donors (Lipinski definition) is 1. The Kier molecular flexibility index (Phi) is 3.22. The fraction of sp³-hybridized carbons (Fsp3) is 0.941. The summed E-state index contributed by atoms with van der Waals surface area (Å²) in [6, 6.07) is 0. The van der Waals surface area contributed by atoms with Gasteiger partial charge in [0.05, 0.1) is 0 Å². The molecule has 0 amide bonds. The minimum Gasteiger partial charge on any atom is -0.312 e. The average molecular weight is 293 g/mol. The Morgan fingerprint density at radius 1 is 1.00 bits per heavy atom. The van der Waals surface area contributed by atoms with Crippen LogP contribution in [-0.4, -0.2) is 17.3 Å². The van der Waals surface area contributed by atoms with E-state index in [4.69, 9.17) is 19.9 Å². The van der Waals surface area contributed by atoms with Crippen LogP contribution in [0.25, 0.3) is 0 Å². The quantitative estimate of drug-likeness (QED) is 0.686. The van der Waals surface area contributed by atoms with Gasteiger partial charge in [0.25, 0.3) is 0 Å². The van der Waals surface area contributed by atoms with Crippen LogP contribution >= 0.6 is 0 Å². The summed E-state index contributed by atoms with van der Waals surface area (Å²) < 4.78 is 6.57. The van der Waals surface area contributed by atoms with E-state index in [0.29, 0.717) is 11.8 Å². The fourth-order valence-corrected chi connectivity index (χ4v) is 5.25. The molecule has 4 fully saturated rings. The molecule has 4 heteroatoms. The topological polar surface area (TPSA) is 51.5 Å². The molecule has 5 unspecified atom stereocenters. The third-order valence-corrected chi connectivity index (χ3v) is 6.27. The van der Waals surface area contributed by atoms with Crippen molar-refractivity contribution >= 4 is 5.71 Å². The van der Waals surface area contributed by atoms with Crippen molar-refractivity contribution in [3.05, 3.63) is 0 Å². The number of fused-ring (bicyclic) bond motifs is 3. The highest BCUT2D eigenvalue weighted by atomic mass is 17.3. The van der Waals surface area contributed by atoms with Crippen molar-refractivity contribution in [2.45, 2.75) is 76.8 Å². The molecule has 0 aromatic rings. The SMILES string of the molecule is CC1CC2CC(C)C3(OOC4(CCC(=N)CC4)O3)C(C1)C2. The molecule has 0 aromatic heterocycles. The summed E-state index contributed by atoms with van der Waals surface area (Å²) in [4.78, 5) is 11.8. The Balaban J connectivity index is 1.58. The normalized spacial score (nSPS) is 53.5. The van der Waals surface area contributed by atoms with Gasteiger partial charge in [-0.05, 0) is 50.4 Å². The van der Waals surface area contributed by atoms with Gasteiger partial charge in [-0.25, -0.2) is 0 Å². The van der Waals surface area contributed by atoms with Crippen molar-refractivity contribution < 1.29 is 14.5 Å². The maximum Gasteiger partial charge on any atom is 0.210 e. The maximum atomic E-state index is 7.80. The van der Waals surface area contributed by atoms with Crippen LogP contribution in [-0.2, 0) is 14.5 Å². The van der Waals surface area contributed by atoms with Crippen molar-refractivity contribution in [3.8, 4) is 0 Å². The van der Waals surface area contributed by atoms with Gasteiger partial charge >= 0.3 is 0 Å². The number of nitrogens with one attached hydrogen (secondary N) is 1. The summed E-state index contributed by atoms with van der Waals surface area (Å²) >= 11 is 0. The predicted octanol–water partition coefficient (Wildman–Crippen LogP) is 4.04. The molecule has 1 saturated heterocycles. The molecular formula is C17H27NO3. The van der Waals surface area contributed by atoms with Crippen LogP contribution in [0.1, 0.15) is 65.2 Å². The number of rotatable bonds is 0. The Morgan fingerprint density at radius 3 is 2.52 bits per heavy atom. The molecule has 1 heterocycles. The van der Waals surface area contributed by atoms with E-state index >= 15 is 0 Å². The molecule has 4 aliphatic rings. The van der Waals surface area contributed by atoms with Gasteiger partial charge in [0.15, 0.2) is 0 Å². The minimum atomic E-state index is -0.577. The first-order valence-electron chi connectivity index (χ1n) is 8.65. The zero-order valence-electron chi connectivity index (χ0n) is 13.2. The van der Waals surface area contributed by atoms with Gasteiger partial charge in [-0.15, -0.1) is 0 Å². The highest BCUT2D eigenvalue weighted by Crippen LogP contribution is 2.57. The van der Waals surface area contributed by atoms with Crippen LogP contribution in [0.15, 0.2) is 0 Å². The van der Waals surface area contributed by atoms with Crippen LogP contribution in [0, 0.1) is 29.1 Å². The van der Waals surface area contributed by atoms with E-state index in [-0.39, 0.29) is 0 Å². The molecule has 1 N–H and O–H groups in total. The van der Waals surface area contributed by atoms with Crippen LogP contribution in [0.5, 0.6) is 0 Å². The summed E-state index contributed by atoms with van der Waals surface area (Å²) in [5, 5.41) is 7.80. The summed E-state index contributed by atoms with van der Waals surface area (Å²) in [5.41, 5.74) is 0.817. The molecule has 5 atom stereocenters. The van der Waals surface area contributed by atoms with Crippen molar-refractivity contribution in [3.63, 3.8) is 0 Å². The summed E-state index contributed by atoms with van der Waals surface area (Å²) in [5.74, 6) is 1.37. The molecule has 2 spiro atoms. The second-order valence-corrected chi connectivity index (χ2v) is 8.02. The summed E-state index contributed by atoms with van der Waals surface area (Å²) in [6.45, 7) is 4.62. The molecule has 2 bridgehead atoms. The van der Waals surface area contributed by atoms with E-state index in [9.17, 15) is 0 Å². The molecular weight excluding hydrogens is 266 g/mol. The molecule has 3 aliphatic carbocycles. The van der Waals surface area contributed by atoms with Gasteiger partial charge in [-0.1, -0.05) is 13.8 Å². The van der Waals surface area contributed by atoms with Crippen molar-refractivity contribution in [1.29, 1.82) is 5.41 Å². The lowest BCUT2D eigenvalue weighted by molar-refractivity contribution is -0.379. The molecule has 21 heavy (non-hydrogen) atoms. The molecule has 1 aliphatic heterocycles. The Bertz CT molecular complexity index is 437. The first kappa shape index (κ1) is 14.2. The van der Waals surface area contributed by atoms with Crippen LogP contribution < -0.4 is 0 Å². The largest absolute Gasteiger partial charge is 0.312 e. The molecule has 118 valence electrons. The first-order valence-corrected chi connectivity index (χ1v) is 8.65. The van der Waals surface area contributed by atoms with E-state index in [1.54, 1.807) is 0 Å². The lowest BCUT2D eigenvalue weighted by Gasteiger charge is -2.50. The standard InChI is InChI=1S/C17H27NO3/c1-11-7-13-9-12(2)17(14(8-11)10-13)19-16(20-21-17)5-3-15(18)4-6-16/h11-14,18H,3-10H2,1-2H3. The summed E-state index contributed by atoms with van der Waals surface area (Å²) in [7, 11) is 0. The van der Waals surface area contributed by atoms with E-state index in [2.05, 4.69) is 13.8 Å². The summed E-state index contributed by atoms with van der Waals surface area (Å²) in [6.07, 6.45) is 8.06. The zero-order valence-corrected chi connectivity index (χ0v) is 13.2.